The highest BCUT2D eigenvalue weighted by Gasteiger charge is 2.31. The Kier molecular flexibility index (Phi) is 5.88. The molecule has 1 aromatic carbocycles. The van der Waals surface area contributed by atoms with Crippen LogP contribution in [0.25, 0.3) is 11.4 Å². The van der Waals surface area contributed by atoms with Crippen LogP contribution in [0.1, 0.15) is 34.6 Å². The second-order valence-corrected chi connectivity index (χ2v) is 9.34. The number of H-pyrrole nitrogens is 1. The third kappa shape index (κ3) is 5.17. The molecule has 2 amide bonds. The summed E-state index contributed by atoms with van der Waals surface area (Å²) in [6.07, 6.45) is -4.17. The molecule has 1 saturated heterocycles. The number of aromatic amines is 1. The number of carbonyl (C=O) groups is 2. The summed E-state index contributed by atoms with van der Waals surface area (Å²) in [5, 5.41) is 0. The summed E-state index contributed by atoms with van der Waals surface area (Å²) >= 11 is 0. The molecule has 1 aliphatic heterocycles. The van der Waals surface area contributed by atoms with Gasteiger partial charge in [0, 0.05) is 17.7 Å². The Bertz CT molecular complexity index is 1080. The molecule has 0 bridgehead atoms. The number of benzene rings is 1. The number of imidazole rings is 1. The molecule has 0 aliphatic carbocycles. The predicted molar refractivity (Wildman–Crippen MR) is 101 cm³/mol. The van der Waals surface area contributed by atoms with E-state index in [1.165, 1.54) is 19.1 Å². The summed E-state index contributed by atoms with van der Waals surface area (Å²) in [6, 6.07) is 4.50. The zero-order valence-electron chi connectivity index (χ0n) is 15.8. The number of halogens is 3. The minimum atomic E-state index is -4.51. The third-order valence-corrected chi connectivity index (χ3v) is 6.52. The zero-order chi connectivity index (χ0) is 22.1. The van der Waals surface area contributed by atoms with Gasteiger partial charge in [0.25, 0.3) is 5.91 Å². The van der Waals surface area contributed by atoms with Gasteiger partial charge in [-0.1, -0.05) is 12.1 Å². The maximum atomic E-state index is 12.9. The number of carbonyl (C=O) groups excluding carboxylic acids is 2. The van der Waals surface area contributed by atoms with Gasteiger partial charge < -0.3 is 4.98 Å². The van der Waals surface area contributed by atoms with E-state index in [-0.39, 0.29) is 40.9 Å². The van der Waals surface area contributed by atoms with Crippen LogP contribution in [0.4, 0.5) is 13.2 Å². The van der Waals surface area contributed by atoms with Crippen molar-refractivity contribution >= 4 is 21.7 Å². The van der Waals surface area contributed by atoms with E-state index in [9.17, 15) is 31.2 Å². The summed E-state index contributed by atoms with van der Waals surface area (Å²) in [4.78, 5) is 31.0. The molecule has 1 aromatic heterocycles. The predicted octanol–water partition coefficient (Wildman–Crippen LogP) is 1.99. The van der Waals surface area contributed by atoms with Gasteiger partial charge in [0.2, 0.25) is 5.91 Å². The van der Waals surface area contributed by atoms with Crippen LogP contribution in [0.5, 0.6) is 0 Å². The molecule has 2 heterocycles. The van der Waals surface area contributed by atoms with Gasteiger partial charge in [-0.2, -0.15) is 13.2 Å². The molecule has 0 radical (unpaired) electrons. The Morgan fingerprint density at radius 3 is 2.63 bits per heavy atom. The Morgan fingerprint density at radius 1 is 1.27 bits per heavy atom. The Morgan fingerprint density at radius 2 is 2.00 bits per heavy atom. The summed E-state index contributed by atoms with van der Waals surface area (Å²) in [5.74, 6) is -1.54. The first-order valence-electron chi connectivity index (χ1n) is 8.98. The number of aromatic nitrogens is 2. The topological polar surface area (TPSA) is 121 Å². The largest absolute Gasteiger partial charge is 0.416 e. The molecular formula is C18H19F3N4O4S. The van der Waals surface area contributed by atoms with Crippen molar-refractivity contribution in [2.24, 2.45) is 5.92 Å². The van der Waals surface area contributed by atoms with E-state index in [4.69, 9.17) is 0 Å². The Balaban J connectivity index is 1.64. The molecule has 0 saturated carbocycles. The number of nitrogens with one attached hydrogen (secondary N) is 3. The number of rotatable bonds is 4. The van der Waals surface area contributed by atoms with Crippen molar-refractivity contribution < 1.29 is 31.2 Å². The molecule has 30 heavy (non-hydrogen) atoms. The van der Waals surface area contributed by atoms with E-state index in [0.717, 1.165) is 12.1 Å². The molecule has 1 fully saturated rings. The number of aryl methyl sites for hydroxylation is 1. The van der Waals surface area contributed by atoms with Gasteiger partial charge in [-0.25, -0.2) is 13.4 Å². The fourth-order valence-corrected chi connectivity index (χ4v) is 5.05. The Hall–Kier alpha value is -2.89. The molecule has 0 unspecified atom stereocenters. The number of amides is 2. The van der Waals surface area contributed by atoms with Gasteiger partial charge in [-0.3, -0.25) is 20.4 Å². The van der Waals surface area contributed by atoms with Crippen molar-refractivity contribution in [3.05, 3.63) is 41.2 Å². The maximum Gasteiger partial charge on any atom is 0.416 e. The van der Waals surface area contributed by atoms with Crippen molar-refractivity contribution in [2.45, 2.75) is 25.9 Å². The first kappa shape index (κ1) is 21.8. The maximum absolute atomic E-state index is 12.9. The molecule has 3 N–H and O–H groups in total. The van der Waals surface area contributed by atoms with Crippen LogP contribution in [-0.4, -0.2) is 41.7 Å². The minimum absolute atomic E-state index is 0.0437. The first-order chi connectivity index (χ1) is 13.9. The average Bonchev–Trinajstić information content (AvgIpc) is 3.21. The van der Waals surface area contributed by atoms with Gasteiger partial charge in [-0.15, -0.1) is 0 Å². The summed E-state index contributed by atoms with van der Waals surface area (Å²) in [6.45, 7) is 1.52. The first-order valence-corrected chi connectivity index (χ1v) is 10.8. The van der Waals surface area contributed by atoms with E-state index >= 15 is 0 Å². The second kappa shape index (κ2) is 8.09. The van der Waals surface area contributed by atoms with Gasteiger partial charge in [0.05, 0.1) is 17.1 Å². The number of nitrogens with zero attached hydrogens (tertiary/aromatic N) is 1. The molecule has 0 spiro atoms. The van der Waals surface area contributed by atoms with E-state index in [2.05, 4.69) is 20.8 Å². The van der Waals surface area contributed by atoms with Crippen molar-refractivity contribution in [3.63, 3.8) is 0 Å². The molecule has 162 valence electrons. The molecule has 3 rings (SSSR count). The lowest BCUT2D eigenvalue weighted by atomic mass is 10.1. The standard InChI is InChI=1S/C18H19F3N4O4S/c1-10-15(17(27)25-24-14(26)7-11-5-6-30(28,29)9-11)23-16(22-10)12-3-2-4-13(8-12)18(19,20)21/h2-4,8,11H,5-7,9H2,1H3,(H,22,23)(H,24,26)(H,25,27)/t11-/m0/s1. The number of hydrogen-bond donors (Lipinski definition) is 3. The lowest BCUT2D eigenvalue weighted by Crippen LogP contribution is -2.42. The van der Waals surface area contributed by atoms with E-state index in [1.807, 2.05) is 0 Å². The summed E-state index contributed by atoms with van der Waals surface area (Å²) in [7, 11) is -3.11. The van der Waals surface area contributed by atoms with Crippen molar-refractivity contribution in [1.82, 2.24) is 20.8 Å². The van der Waals surface area contributed by atoms with Gasteiger partial charge in [-0.05, 0) is 31.4 Å². The fraction of sp³-hybridized carbons (Fsp3) is 0.389. The smallest absolute Gasteiger partial charge is 0.341 e. The van der Waals surface area contributed by atoms with E-state index in [0.29, 0.717) is 12.1 Å². The number of hydrazine groups is 1. The third-order valence-electron chi connectivity index (χ3n) is 4.68. The highest BCUT2D eigenvalue weighted by atomic mass is 32.2. The molecule has 1 aliphatic rings. The molecule has 1 atom stereocenters. The minimum Gasteiger partial charge on any atom is -0.341 e. The second-order valence-electron chi connectivity index (χ2n) is 7.11. The fourth-order valence-electron chi connectivity index (χ4n) is 3.19. The number of sulfone groups is 1. The van der Waals surface area contributed by atoms with Crippen LogP contribution in [0.3, 0.4) is 0 Å². The van der Waals surface area contributed by atoms with Gasteiger partial charge >= 0.3 is 6.18 Å². The highest BCUT2D eigenvalue weighted by Crippen LogP contribution is 2.31. The summed E-state index contributed by atoms with van der Waals surface area (Å²) in [5.41, 5.74) is 3.90. The Labute approximate surface area is 170 Å². The lowest BCUT2D eigenvalue weighted by molar-refractivity contribution is -0.137. The monoisotopic (exact) mass is 444 g/mol. The van der Waals surface area contributed by atoms with Crippen molar-refractivity contribution in [3.8, 4) is 11.4 Å². The highest BCUT2D eigenvalue weighted by molar-refractivity contribution is 7.91. The molecule has 12 heteroatoms. The van der Waals surface area contributed by atoms with Crippen LogP contribution in [0, 0.1) is 12.8 Å². The SMILES string of the molecule is Cc1[nH]c(-c2cccc(C(F)(F)F)c2)nc1C(=O)NNC(=O)C[C@@H]1CCS(=O)(=O)C1. The van der Waals surface area contributed by atoms with E-state index < -0.39 is 33.4 Å². The van der Waals surface area contributed by atoms with Gasteiger partial charge in [0.15, 0.2) is 15.5 Å². The van der Waals surface area contributed by atoms with Crippen LogP contribution < -0.4 is 10.9 Å². The molecule has 8 nitrogen and oxygen atoms in total. The number of alkyl halides is 3. The molecule has 2 aromatic rings. The molecular weight excluding hydrogens is 425 g/mol. The number of hydrogen-bond acceptors (Lipinski definition) is 5. The van der Waals surface area contributed by atoms with Gasteiger partial charge in [0.1, 0.15) is 5.82 Å². The summed E-state index contributed by atoms with van der Waals surface area (Å²) < 4.78 is 61.5. The zero-order valence-corrected chi connectivity index (χ0v) is 16.7. The van der Waals surface area contributed by atoms with Crippen molar-refractivity contribution in [2.75, 3.05) is 11.5 Å². The van der Waals surface area contributed by atoms with Crippen LogP contribution in [0.2, 0.25) is 0 Å². The van der Waals surface area contributed by atoms with E-state index in [1.54, 1.807) is 0 Å². The van der Waals surface area contributed by atoms with Crippen LogP contribution in [0.15, 0.2) is 24.3 Å². The van der Waals surface area contributed by atoms with Crippen molar-refractivity contribution in [1.29, 1.82) is 0 Å². The lowest BCUT2D eigenvalue weighted by Gasteiger charge is -2.09. The average molecular weight is 444 g/mol. The van der Waals surface area contributed by atoms with Crippen LogP contribution in [-0.2, 0) is 20.8 Å². The van der Waals surface area contributed by atoms with Crippen LogP contribution >= 0.6 is 0 Å². The quantitative estimate of drug-likeness (QED) is 0.623. The normalized spacial score (nSPS) is 18.2.